The number of hydrogen-bond donors (Lipinski definition) is 3. The van der Waals surface area contributed by atoms with Crippen molar-refractivity contribution in [1.29, 1.82) is 0 Å². The van der Waals surface area contributed by atoms with Crippen LogP contribution in [0.15, 0.2) is 47.4 Å². The number of carbonyl (C=O) groups excluding carboxylic acids is 3. The molecule has 2 aromatic rings. The first-order valence-electron chi connectivity index (χ1n) is 7.54. The van der Waals surface area contributed by atoms with Gasteiger partial charge in [-0.3, -0.25) is 18.9 Å². The van der Waals surface area contributed by atoms with Gasteiger partial charge in [0, 0.05) is 11.4 Å². The van der Waals surface area contributed by atoms with Gasteiger partial charge in [0.2, 0.25) is 5.91 Å². The maximum atomic E-state index is 12.3. The second-order valence-corrected chi connectivity index (χ2v) is 7.41. The molecule has 0 radical (unpaired) electrons. The molecule has 3 N–H and O–H groups in total. The Morgan fingerprint density at radius 3 is 2.30 bits per heavy atom. The van der Waals surface area contributed by atoms with Gasteiger partial charge in [-0.1, -0.05) is 17.7 Å². The number of amides is 2. The predicted octanol–water partition coefficient (Wildman–Crippen LogP) is 2.76. The van der Waals surface area contributed by atoms with Gasteiger partial charge in [0.15, 0.2) is 0 Å². The zero-order valence-corrected chi connectivity index (χ0v) is 15.6. The van der Waals surface area contributed by atoms with Crippen molar-refractivity contribution in [3.8, 4) is 0 Å². The van der Waals surface area contributed by atoms with Crippen molar-refractivity contribution in [3.05, 3.63) is 53.1 Å². The lowest BCUT2D eigenvalue weighted by molar-refractivity contribution is -0.124. The third-order valence-corrected chi connectivity index (χ3v) is 4.46. The van der Waals surface area contributed by atoms with Crippen LogP contribution >= 0.6 is 11.6 Å². The van der Waals surface area contributed by atoms with Crippen molar-refractivity contribution in [2.45, 2.75) is 18.2 Å². The lowest BCUT2D eigenvalue weighted by Crippen LogP contribution is -2.16. The summed E-state index contributed by atoms with van der Waals surface area (Å²) in [7, 11) is -4.40. The van der Waals surface area contributed by atoms with Crippen LogP contribution < -0.4 is 10.6 Å². The molecule has 8 nitrogen and oxygen atoms in total. The molecule has 2 amide bonds. The predicted molar refractivity (Wildman–Crippen MR) is 99.6 cm³/mol. The van der Waals surface area contributed by atoms with E-state index in [0.29, 0.717) is 5.69 Å². The summed E-state index contributed by atoms with van der Waals surface area (Å²) in [5.41, 5.74) is 0.541. The largest absolute Gasteiger partial charge is 0.326 e. The highest BCUT2D eigenvalue weighted by atomic mass is 35.5. The molecule has 0 atom stereocenters. The Hall–Kier alpha value is -2.75. The summed E-state index contributed by atoms with van der Waals surface area (Å²) in [4.78, 5) is 34.5. The van der Waals surface area contributed by atoms with Gasteiger partial charge in [0.05, 0.1) is 21.9 Å². The van der Waals surface area contributed by atoms with Crippen LogP contribution in [0.3, 0.4) is 0 Å². The van der Waals surface area contributed by atoms with E-state index in [2.05, 4.69) is 10.6 Å². The highest BCUT2D eigenvalue weighted by Crippen LogP contribution is 2.23. The minimum Gasteiger partial charge on any atom is -0.326 e. The standard InChI is InChI=1S/C17H15ClN2O6S/c1-10(21)7-16(22)19-12-5-6-14(15(18)9-12)17(23)20-11-3-2-4-13(8-11)27(24,25)26/h2-6,8-9H,7H2,1H3,(H,19,22)(H,20,23)(H,24,25,26). The van der Waals surface area contributed by atoms with Crippen molar-refractivity contribution in [3.63, 3.8) is 0 Å². The fraction of sp³-hybridized carbons (Fsp3) is 0.118. The number of ketones is 1. The molecule has 0 bridgehead atoms. The van der Waals surface area contributed by atoms with Gasteiger partial charge in [0.25, 0.3) is 16.0 Å². The minimum absolute atomic E-state index is 0.0408. The normalized spacial score (nSPS) is 10.9. The SMILES string of the molecule is CC(=O)CC(=O)Nc1ccc(C(=O)Nc2cccc(S(=O)(=O)O)c2)c(Cl)c1. The van der Waals surface area contributed by atoms with E-state index in [1.54, 1.807) is 0 Å². The van der Waals surface area contributed by atoms with Crippen molar-refractivity contribution in [1.82, 2.24) is 0 Å². The van der Waals surface area contributed by atoms with Crippen LogP contribution in [-0.2, 0) is 19.7 Å². The van der Waals surface area contributed by atoms with E-state index >= 15 is 0 Å². The first-order chi connectivity index (χ1) is 12.6. The molecule has 0 heterocycles. The van der Waals surface area contributed by atoms with Crippen molar-refractivity contribution in [2.75, 3.05) is 10.6 Å². The number of carbonyl (C=O) groups is 3. The van der Waals surface area contributed by atoms with Gasteiger partial charge < -0.3 is 10.6 Å². The molecule has 0 saturated carbocycles. The summed E-state index contributed by atoms with van der Waals surface area (Å²) in [6.07, 6.45) is -0.274. The molecule has 27 heavy (non-hydrogen) atoms. The molecule has 142 valence electrons. The quantitative estimate of drug-likeness (QED) is 0.496. The van der Waals surface area contributed by atoms with E-state index in [1.807, 2.05) is 0 Å². The molecular formula is C17H15ClN2O6S. The summed E-state index contributed by atoms with van der Waals surface area (Å²) in [6, 6.07) is 9.23. The lowest BCUT2D eigenvalue weighted by Gasteiger charge is -2.10. The third-order valence-electron chi connectivity index (χ3n) is 3.30. The van der Waals surface area contributed by atoms with Crippen molar-refractivity contribution < 1.29 is 27.4 Å². The Labute approximate surface area is 160 Å². The van der Waals surface area contributed by atoms with Gasteiger partial charge in [-0.25, -0.2) is 0 Å². The monoisotopic (exact) mass is 410 g/mol. The molecule has 10 heteroatoms. The number of anilines is 2. The second-order valence-electron chi connectivity index (χ2n) is 5.58. The summed E-state index contributed by atoms with van der Waals surface area (Å²) in [5.74, 6) is -1.41. The smallest absolute Gasteiger partial charge is 0.294 e. The fourth-order valence-corrected chi connectivity index (χ4v) is 2.93. The molecule has 0 saturated heterocycles. The molecule has 0 aliphatic carbocycles. The number of nitrogens with one attached hydrogen (secondary N) is 2. The third kappa shape index (κ3) is 5.88. The Morgan fingerprint density at radius 2 is 1.70 bits per heavy atom. The maximum Gasteiger partial charge on any atom is 0.294 e. The lowest BCUT2D eigenvalue weighted by atomic mass is 10.1. The zero-order valence-electron chi connectivity index (χ0n) is 14.0. The molecule has 0 aliphatic rings. The number of Topliss-reactive ketones (excluding diaryl/α,β-unsaturated/α-hetero) is 1. The Bertz CT molecular complexity index is 1020. The Balaban J connectivity index is 2.15. The topological polar surface area (TPSA) is 130 Å². The first kappa shape index (κ1) is 20.6. The highest BCUT2D eigenvalue weighted by Gasteiger charge is 2.15. The van der Waals surface area contributed by atoms with Crippen molar-refractivity contribution >= 4 is 50.7 Å². The van der Waals surface area contributed by atoms with Crippen LogP contribution in [0.5, 0.6) is 0 Å². The van der Waals surface area contributed by atoms with Gasteiger partial charge in [-0.15, -0.1) is 0 Å². The Morgan fingerprint density at radius 1 is 1.04 bits per heavy atom. The number of benzene rings is 2. The second kappa shape index (κ2) is 8.30. The molecule has 0 unspecified atom stereocenters. The van der Waals surface area contributed by atoms with Gasteiger partial charge >= 0.3 is 0 Å². The van der Waals surface area contributed by atoms with E-state index in [-0.39, 0.29) is 33.4 Å². The minimum atomic E-state index is -4.40. The van der Waals surface area contributed by atoms with E-state index in [1.165, 1.54) is 43.3 Å². The summed E-state index contributed by atoms with van der Waals surface area (Å²) in [6.45, 7) is 1.29. The van der Waals surface area contributed by atoms with Crippen LogP contribution in [0, 0.1) is 0 Å². The van der Waals surface area contributed by atoms with Crippen LogP contribution in [0.1, 0.15) is 23.7 Å². The van der Waals surface area contributed by atoms with Gasteiger partial charge in [-0.2, -0.15) is 8.42 Å². The van der Waals surface area contributed by atoms with E-state index < -0.39 is 21.9 Å². The summed E-state index contributed by atoms with van der Waals surface area (Å²) in [5, 5.41) is 4.99. The summed E-state index contributed by atoms with van der Waals surface area (Å²) >= 11 is 6.07. The van der Waals surface area contributed by atoms with E-state index in [0.717, 1.165) is 6.07 Å². The molecule has 0 spiro atoms. The maximum absolute atomic E-state index is 12.3. The average Bonchev–Trinajstić information content (AvgIpc) is 2.53. The van der Waals surface area contributed by atoms with Crippen LogP contribution in [-0.4, -0.2) is 30.6 Å². The van der Waals surface area contributed by atoms with Crippen LogP contribution in [0.25, 0.3) is 0 Å². The van der Waals surface area contributed by atoms with Crippen LogP contribution in [0.4, 0.5) is 11.4 Å². The molecule has 2 rings (SSSR count). The molecular weight excluding hydrogens is 396 g/mol. The molecule has 0 aliphatic heterocycles. The van der Waals surface area contributed by atoms with E-state index in [4.69, 9.17) is 16.2 Å². The first-order valence-corrected chi connectivity index (χ1v) is 9.36. The van der Waals surface area contributed by atoms with Gasteiger partial charge in [0.1, 0.15) is 5.78 Å². The van der Waals surface area contributed by atoms with Gasteiger partial charge in [-0.05, 0) is 43.3 Å². The Kier molecular flexibility index (Phi) is 6.32. The molecule has 0 aromatic heterocycles. The highest BCUT2D eigenvalue weighted by molar-refractivity contribution is 7.85. The average molecular weight is 411 g/mol. The number of hydrogen-bond acceptors (Lipinski definition) is 5. The number of rotatable bonds is 6. The number of halogens is 1. The summed E-state index contributed by atoms with van der Waals surface area (Å²) < 4.78 is 31.4. The van der Waals surface area contributed by atoms with Crippen LogP contribution in [0.2, 0.25) is 5.02 Å². The fourth-order valence-electron chi connectivity index (χ4n) is 2.14. The molecule has 2 aromatic carbocycles. The zero-order chi connectivity index (χ0) is 20.2. The molecule has 0 fully saturated rings. The van der Waals surface area contributed by atoms with Crippen molar-refractivity contribution in [2.24, 2.45) is 0 Å². The van der Waals surface area contributed by atoms with E-state index in [9.17, 15) is 22.8 Å².